The third-order valence-electron chi connectivity index (χ3n) is 2.00. The maximum absolute atomic E-state index is 11.7. The van der Waals surface area contributed by atoms with Crippen molar-refractivity contribution in [2.45, 2.75) is 51.0 Å². The Balaban J connectivity index is 3.49. The zero-order valence-corrected chi connectivity index (χ0v) is 8.47. The first-order valence-corrected chi connectivity index (χ1v) is 4.62. The molecule has 0 aliphatic rings. The van der Waals surface area contributed by atoms with Gasteiger partial charge < -0.3 is 9.84 Å². The van der Waals surface area contributed by atoms with Crippen LogP contribution in [0.3, 0.4) is 0 Å². The SMILES string of the molecule is COC(C)CC(O)CCCC(F)(F)F. The fourth-order valence-electron chi connectivity index (χ4n) is 1.14. The lowest BCUT2D eigenvalue weighted by atomic mass is 10.1. The summed E-state index contributed by atoms with van der Waals surface area (Å²) in [4.78, 5) is 0. The van der Waals surface area contributed by atoms with Crippen molar-refractivity contribution in [3.05, 3.63) is 0 Å². The lowest BCUT2D eigenvalue weighted by Gasteiger charge is -2.15. The summed E-state index contributed by atoms with van der Waals surface area (Å²) in [6.07, 6.45) is -5.23. The van der Waals surface area contributed by atoms with Gasteiger partial charge in [0.05, 0.1) is 12.2 Å². The number of ether oxygens (including phenoxy) is 1. The molecule has 14 heavy (non-hydrogen) atoms. The van der Waals surface area contributed by atoms with Gasteiger partial charge in [0.2, 0.25) is 0 Å². The molecule has 2 atom stereocenters. The first kappa shape index (κ1) is 13.7. The van der Waals surface area contributed by atoms with Gasteiger partial charge in [-0.3, -0.25) is 0 Å². The highest BCUT2D eigenvalue weighted by Crippen LogP contribution is 2.23. The van der Waals surface area contributed by atoms with Crippen molar-refractivity contribution in [1.82, 2.24) is 0 Å². The van der Waals surface area contributed by atoms with E-state index in [2.05, 4.69) is 0 Å². The minimum absolute atomic E-state index is 0.0267. The highest BCUT2D eigenvalue weighted by Gasteiger charge is 2.26. The molecule has 0 saturated heterocycles. The molecule has 5 heteroatoms. The Kier molecular flexibility index (Phi) is 6.11. The Hall–Kier alpha value is -0.290. The van der Waals surface area contributed by atoms with E-state index in [4.69, 9.17) is 4.74 Å². The normalized spacial score (nSPS) is 16.7. The van der Waals surface area contributed by atoms with Gasteiger partial charge in [-0.15, -0.1) is 0 Å². The molecule has 0 heterocycles. The van der Waals surface area contributed by atoms with E-state index < -0.39 is 18.7 Å². The Morgan fingerprint density at radius 1 is 1.36 bits per heavy atom. The molecule has 0 aromatic heterocycles. The van der Waals surface area contributed by atoms with Crippen molar-refractivity contribution in [3.8, 4) is 0 Å². The standard InChI is InChI=1S/C9H17F3O2/c1-7(14-2)6-8(13)4-3-5-9(10,11)12/h7-8,13H,3-6H2,1-2H3. The summed E-state index contributed by atoms with van der Waals surface area (Å²) in [6, 6.07) is 0. The summed E-state index contributed by atoms with van der Waals surface area (Å²) in [5.74, 6) is 0. The molecule has 0 saturated carbocycles. The summed E-state index contributed by atoms with van der Waals surface area (Å²) in [6.45, 7) is 1.77. The Bertz CT molecular complexity index is 147. The van der Waals surface area contributed by atoms with Crippen molar-refractivity contribution in [2.75, 3.05) is 7.11 Å². The predicted molar refractivity (Wildman–Crippen MR) is 47.0 cm³/mol. The van der Waals surface area contributed by atoms with E-state index in [-0.39, 0.29) is 18.9 Å². The number of halogens is 3. The van der Waals surface area contributed by atoms with Crippen molar-refractivity contribution in [2.24, 2.45) is 0 Å². The first-order chi connectivity index (χ1) is 6.35. The zero-order chi connectivity index (χ0) is 11.2. The van der Waals surface area contributed by atoms with Crippen molar-refractivity contribution < 1.29 is 23.0 Å². The molecule has 0 aliphatic heterocycles. The molecule has 0 radical (unpaired) electrons. The van der Waals surface area contributed by atoms with E-state index in [0.29, 0.717) is 6.42 Å². The van der Waals surface area contributed by atoms with Crippen LogP contribution < -0.4 is 0 Å². The van der Waals surface area contributed by atoms with Crippen LogP contribution in [0.4, 0.5) is 13.2 Å². The van der Waals surface area contributed by atoms with Crippen LogP contribution in [0.2, 0.25) is 0 Å². The molecule has 1 N–H and O–H groups in total. The van der Waals surface area contributed by atoms with E-state index in [9.17, 15) is 18.3 Å². The summed E-state index contributed by atoms with van der Waals surface area (Å²) < 4.78 is 40.1. The second kappa shape index (κ2) is 6.24. The highest BCUT2D eigenvalue weighted by atomic mass is 19.4. The highest BCUT2D eigenvalue weighted by molar-refractivity contribution is 4.62. The predicted octanol–water partition coefficient (Wildman–Crippen LogP) is 2.50. The Morgan fingerprint density at radius 3 is 2.36 bits per heavy atom. The molecule has 86 valence electrons. The minimum atomic E-state index is -4.12. The van der Waals surface area contributed by atoms with Gasteiger partial charge in [-0.2, -0.15) is 13.2 Å². The third-order valence-corrected chi connectivity index (χ3v) is 2.00. The van der Waals surface area contributed by atoms with Gasteiger partial charge in [-0.05, 0) is 26.2 Å². The monoisotopic (exact) mass is 214 g/mol. The number of hydrogen-bond donors (Lipinski definition) is 1. The second-order valence-electron chi connectivity index (χ2n) is 3.44. The summed E-state index contributed by atoms with van der Waals surface area (Å²) in [5, 5.41) is 9.30. The molecule has 2 unspecified atom stereocenters. The van der Waals surface area contributed by atoms with E-state index in [1.165, 1.54) is 7.11 Å². The van der Waals surface area contributed by atoms with Crippen LogP contribution in [0.15, 0.2) is 0 Å². The van der Waals surface area contributed by atoms with E-state index >= 15 is 0 Å². The number of aliphatic hydroxyl groups excluding tert-OH is 1. The molecule has 0 bridgehead atoms. The molecule has 0 spiro atoms. The molecule has 0 rings (SSSR count). The fourth-order valence-corrected chi connectivity index (χ4v) is 1.14. The maximum atomic E-state index is 11.7. The largest absolute Gasteiger partial charge is 0.393 e. The van der Waals surface area contributed by atoms with E-state index in [1.807, 2.05) is 0 Å². The summed E-state index contributed by atoms with van der Waals surface area (Å²) in [7, 11) is 1.51. The first-order valence-electron chi connectivity index (χ1n) is 4.62. The number of hydrogen-bond acceptors (Lipinski definition) is 2. The van der Waals surface area contributed by atoms with Crippen molar-refractivity contribution >= 4 is 0 Å². The van der Waals surface area contributed by atoms with E-state index in [0.717, 1.165) is 0 Å². The summed E-state index contributed by atoms with van der Waals surface area (Å²) in [5.41, 5.74) is 0. The average Bonchev–Trinajstić information content (AvgIpc) is 2.01. The quantitative estimate of drug-likeness (QED) is 0.736. The molecular formula is C9H17F3O2. The van der Waals surface area contributed by atoms with Crippen LogP contribution in [-0.2, 0) is 4.74 Å². The average molecular weight is 214 g/mol. The van der Waals surface area contributed by atoms with Crippen LogP contribution >= 0.6 is 0 Å². The number of aliphatic hydroxyl groups is 1. The molecule has 0 aliphatic carbocycles. The van der Waals surface area contributed by atoms with Gasteiger partial charge >= 0.3 is 6.18 Å². The molecule has 0 fully saturated rings. The number of rotatable bonds is 6. The Morgan fingerprint density at radius 2 is 1.93 bits per heavy atom. The molecule has 0 aromatic carbocycles. The van der Waals surface area contributed by atoms with Crippen LogP contribution in [0.5, 0.6) is 0 Å². The van der Waals surface area contributed by atoms with Crippen molar-refractivity contribution in [1.29, 1.82) is 0 Å². The van der Waals surface area contributed by atoms with Crippen LogP contribution in [0.25, 0.3) is 0 Å². The third kappa shape index (κ3) is 8.31. The number of methoxy groups -OCH3 is 1. The molecule has 0 aromatic rings. The fraction of sp³-hybridized carbons (Fsp3) is 1.00. The van der Waals surface area contributed by atoms with Gasteiger partial charge in [0.25, 0.3) is 0 Å². The smallest absolute Gasteiger partial charge is 0.389 e. The van der Waals surface area contributed by atoms with Crippen LogP contribution in [0, 0.1) is 0 Å². The minimum Gasteiger partial charge on any atom is -0.393 e. The molecule has 2 nitrogen and oxygen atoms in total. The van der Waals surface area contributed by atoms with Crippen molar-refractivity contribution in [3.63, 3.8) is 0 Å². The molecule has 0 amide bonds. The van der Waals surface area contributed by atoms with Gasteiger partial charge in [0.15, 0.2) is 0 Å². The summed E-state index contributed by atoms with van der Waals surface area (Å²) >= 11 is 0. The van der Waals surface area contributed by atoms with Crippen LogP contribution in [-0.4, -0.2) is 30.6 Å². The second-order valence-corrected chi connectivity index (χ2v) is 3.44. The van der Waals surface area contributed by atoms with Gasteiger partial charge in [0, 0.05) is 13.5 Å². The van der Waals surface area contributed by atoms with Crippen LogP contribution in [0.1, 0.15) is 32.6 Å². The topological polar surface area (TPSA) is 29.5 Å². The van der Waals surface area contributed by atoms with Gasteiger partial charge in [-0.25, -0.2) is 0 Å². The zero-order valence-electron chi connectivity index (χ0n) is 8.47. The molecular weight excluding hydrogens is 197 g/mol. The van der Waals surface area contributed by atoms with Gasteiger partial charge in [0.1, 0.15) is 0 Å². The Labute approximate surface area is 82.1 Å². The number of alkyl halides is 3. The maximum Gasteiger partial charge on any atom is 0.389 e. The lowest BCUT2D eigenvalue weighted by molar-refractivity contribution is -0.136. The van der Waals surface area contributed by atoms with Gasteiger partial charge in [-0.1, -0.05) is 0 Å². The lowest BCUT2D eigenvalue weighted by Crippen LogP contribution is -2.17. The van der Waals surface area contributed by atoms with E-state index in [1.54, 1.807) is 6.92 Å².